The molecule has 0 saturated heterocycles. The van der Waals surface area contributed by atoms with Gasteiger partial charge in [0.1, 0.15) is 11.9 Å². The number of unbranched alkanes of at least 4 members (excludes halogenated alkanes) is 1. The van der Waals surface area contributed by atoms with Gasteiger partial charge in [-0.1, -0.05) is 49.2 Å². The fourth-order valence-corrected chi connectivity index (χ4v) is 3.95. The smallest absolute Gasteiger partial charge is 0.242 e. The van der Waals surface area contributed by atoms with Gasteiger partial charge in [-0.15, -0.1) is 11.8 Å². The first kappa shape index (κ1) is 24.2. The van der Waals surface area contributed by atoms with Crippen LogP contribution in [0.3, 0.4) is 0 Å². The van der Waals surface area contributed by atoms with Gasteiger partial charge in [0.2, 0.25) is 11.8 Å². The van der Waals surface area contributed by atoms with Crippen molar-refractivity contribution in [2.24, 2.45) is 0 Å². The summed E-state index contributed by atoms with van der Waals surface area (Å²) >= 11 is 7.53. The number of carbonyl (C=O) groups excluding carboxylic acids is 2. The van der Waals surface area contributed by atoms with Crippen molar-refractivity contribution in [1.82, 2.24) is 10.2 Å². The van der Waals surface area contributed by atoms with Crippen molar-refractivity contribution in [3.63, 3.8) is 0 Å². The molecule has 2 aromatic rings. The molecule has 162 valence electrons. The number of rotatable bonds is 11. The molecule has 0 saturated carbocycles. The van der Waals surface area contributed by atoms with E-state index >= 15 is 0 Å². The van der Waals surface area contributed by atoms with E-state index < -0.39 is 6.04 Å². The number of hydrogen-bond donors (Lipinski definition) is 1. The van der Waals surface area contributed by atoms with Crippen LogP contribution in [0, 0.1) is 5.82 Å². The fraction of sp³-hybridized carbons (Fsp3) is 0.391. The lowest BCUT2D eigenvalue weighted by atomic mass is 10.1. The molecule has 0 aliphatic carbocycles. The number of halogens is 2. The fourth-order valence-electron chi connectivity index (χ4n) is 2.87. The molecule has 0 aliphatic rings. The van der Waals surface area contributed by atoms with E-state index in [2.05, 4.69) is 12.2 Å². The summed E-state index contributed by atoms with van der Waals surface area (Å²) in [5.41, 5.74) is 1.81. The summed E-state index contributed by atoms with van der Waals surface area (Å²) in [4.78, 5) is 27.1. The van der Waals surface area contributed by atoms with E-state index in [0.29, 0.717) is 23.9 Å². The summed E-state index contributed by atoms with van der Waals surface area (Å²) in [5, 5.41) is 3.49. The number of amides is 2. The highest BCUT2D eigenvalue weighted by Gasteiger charge is 2.25. The maximum atomic E-state index is 13.0. The highest BCUT2D eigenvalue weighted by molar-refractivity contribution is 7.99. The lowest BCUT2D eigenvalue weighted by Crippen LogP contribution is -2.48. The lowest BCUT2D eigenvalue weighted by molar-refractivity contribution is -0.138. The summed E-state index contributed by atoms with van der Waals surface area (Å²) in [5.74, 6) is 0.247. The number of benzene rings is 2. The maximum Gasteiger partial charge on any atom is 0.242 e. The predicted molar refractivity (Wildman–Crippen MR) is 122 cm³/mol. The van der Waals surface area contributed by atoms with Gasteiger partial charge in [0.05, 0.1) is 5.75 Å². The van der Waals surface area contributed by atoms with Crippen LogP contribution in [0.5, 0.6) is 0 Å². The van der Waals surface area contributed by atoms with Crippen LogP contribution in [0.15, 0.2) is 48.5 Å². The second-order valence-corrected chi connectivity index (χ2v) is 8.51. The lowest BCUT2D eigenvalue weighted by Gasteiger charge is -2.29. The van der Waals surface area contributed by atoms with E-state index in [1.807, 2.05) is 12.1 Å². The number of thioether (sulfide) groups is 1. The average Bonchev–Trinajstić information content (AvgIpc) is 2.73. The largest absolute Gasteiger partial charge is 0.354 e. The summed E-state index contributed by atoms with van der Waals surface area (Å²) in [6, 6.07) is 12.9. The quantitative estimate of drug-likeness (QED) is 0.487. The van der Waals surface area contributed by atoms with E-state index in [0.717, 1.165) is 24.0 Å². The highest BCUT2D eigenvalue weighted by atomic mass is 35.5. The van der Waals surface area contributed by atoms with Crippen LogP contribution in [0.2, 0.25) is 5.02 Å². The van der Waals surface area contributed by atoms with Crippen molar-refractivity contribution in [1.29, 1.82) is 0 Å². The Morgan fingerprint density at radius 2 is 1.90 bits per heavy atom. The van der Waals surface area contributed by atoms with Gasteiger partial charge < -0.3 is 10.2 Å². The van der Waals surface area contributed by atoms with Crippen molar-refractivity contribution in [3.05, 3.63) is 70.5 Å². The Kier molecular flexibility index (Phi) is 10.2. The van der Waals surface area contributed by atoms with Crippen LogP contribution in [0.4, 0.5) is 4.39 Å². The SMILES string of the molecule is CCCCNC(=O)[C@@H](C)N(Cc1cccc(Cl)c1)C(=O)CSCc1ccc(F)cc1. The molecule has 0 aliphatic heterocycles. The van der Waals surface area contributed by atoms with Gasteiger partial charge in [-0.3, -0.25) is 9.59 Å². The molecule has 1 N–H and O–H groups in total. The second kappa shape index (κ2) is 12.6. The summed E-state index contributed by atoms with van der Waals surface area (Å²) in [7, 11) is 0. The van der Waals surface area contributed by atoms with E-state index in [1.165, 1.54) is 23.9 Å². The number of nitrogens with one attached hydrogen (secondary N) is 1. The third-order valence-electron chi connectivity index (χ3n) is 4.65. The second-order valence-electron chi connectivity index (χ2n) is 7.09. The third-order valence-corrected chi connectivity index (χ3v) is 5.87. The topological polar surface area (TPSA) is 49.4 Å². The Balaban J connectivity index is 2.03. The van der Waals surface area contributed by atoms with Crippen LogP contribution in [-0.2, 0) is 21.9 Å². The van der Waals surface area contributed by atoms with Crippen molar-refractivity contribution in [3.8, 4) is 0 Å². The minimum atomic E-state index is -0.597. The molecule has 7 heteroatoms. The molecule has 0 heterocycles. The molecule has 2 aromatic carbocycles. The number of carbonyl (C=O) groups is 2. The minimum absolute atomic E-state index is 0.125. The molecule has 0 radical (unpaired) electrons. The normalized spacial score (nSPS) is 11.7. The van der Waals surface area contributed by atoms with Crippen LogP contribution in [0.1, 0.15) is 37.8 Å². The van der Waals surface area contributed by atoms with Crippen molar-refractivity contribution >= 4 is 35.2 Å². The molecule has 0 spiro atoms. The average molecular weight is 451 g/mol. The van der Waals surface area contributed by atoms with E-state index in [9.17, 15) is 14.0 Å². The molecule has 2 amide bonds. The standard InChI is InChI=1S/C23H28ClFN2O2S/c1-3-4-12-26-23(29)17(2)27(14-19-6-5-7-20(24)13-19)22(28)16-30-15-18-8-10-21(25)11-9-18/h5-11,13,17H,3-4,12,14-16H2,1-2H3,(H,26,29)/t17-/m1/s1. The first-order valence-electron chi connectivity index (χ1n) is 10.0. The minimum Gasteiger partial charge on any atom is -0.354 e. The van der Waals surface area contributed by atoms with E-state index in [-0.39, 0.29) is 23.4 Å². The molecular weight excluding hydrogens is 423 g/mol. The van der Waals surface area contributed by atoms with Crippen molar-refractivity contribution < 1.29 is 14.0 Å². The molecule has 4 nitrogen and oxygen atoms in total. The highest BCUT2D eigenvalue weighted by Crippen LogP contribution is 2.18. The Labute approximate surface area is 187 Å². The number of nitrogens with zero attached hydrogens (tertiary/aromatic N) is 1. The van der Waals surface area contributed by atoms with Crippen LogP contribution < -0.4 is 5.32 Å². The number of hydrogen-bond acceptors (Lipinski definition) is 3. The molecule has 2 rings (SSSR count). The Hall–Kier alpha value is -2.05. The zero-order valence-corrected chi connectivity index (χ0v) is 18.9. The van der Waals surface area contributed by atoms with Crippen molar-refractivity contribution in [2.75, 3.05) is 12.3 Å². The monoisotopic (exact) mass is 450 g/mol. The van der Waals surface area contributed by atoms with Crippen LogP contribution >= 0.6 is 23.4 Å². The summed E-state index contributed by atoms with van der Waals surface area (Å²) in [6.07, 6.45) is 1.88. The molecule has 0 fully saturated rings. The van der Waals surface area contributed by atoms with E-state index in [1.54, 1.807) is 36.1 Å². The van der Waals surface area contributed by atoms with Gasteiger partial charge in [0.15, 0.2) is 0 Å². The van der Waals surface area contributed by atoms with Gasteiger partial charge in [-0.05, 0) is 48.7 Å². The summed E-state index contributed by atoms with van der Waals surface area (Å²) in [6.45, 7) is 4.70. The molecule has 0 bridgehead atoms. The third kappa shape index (κ3) is 8.00. The zero-order valence-electron chi connectivity index (χ0n) is 17.4. The molecular formula is C23H28ClFN2O2S. The van der Waals surface area contributed by atoms with Crippen molar-refractivity contribution in [2.45, 2.75) is 45.0 Å². The molecule has 0 aromatic heterocycles. The van der Waals surface area contributed by atoms with E-state index in [4.69, 9.17) is 11.6 Å². The van der Waals surface area contributed by atoms with Gasteiger partial charge >= 0.3 is 0 Å². The van der Waals surface area contributed by atoms with Crippen LogP contribution in [0.25, 0.3) is 0 Å². The molecule has 30 heavy (non-hydrogen) atoms. The first-order chi connectivity index (χ1) is 14.4. The summed E-state index contributed by atoms with van der Waals surface area (Å²) < 4.78 is 13.0. The van der Waals surface area contributed by atoms with Gasteiger partial charge in [0.25, 0.3) is 0 Å². The predicted octanol–water partition coefficient (Wildman–Crippen LogP) is 5.05. The molecule has 1 atom stereocenters. The van der Waals surface area contributed by atoms with Gasteiger partial charge in [-0.25, -0.2) is 4.39 Å². The first-order valence-corrected chi connectivity index (χ1v) is 11.6. The maximum absolute atomic E-state index is 13.0. The van der Waals surface area contributed by atoms with Gasteiger partial charge in [0, 0.05) is 23.9 Å². The molecule has 0 unspecified atom stereocenters. The van der Waals surface area contributed by atoms with Crippen LogP contribution in [-0.4, -0.2) is 35.1 Å². The zero-order chi connectivity index (χ0) is 21.9. The Morgan fingerprint density at radius 3 is 2.57 bits per heavy atom. The van der Waals surface area contributed by atoms with Gasteiger partial charge in [-0.2, -0.15) is 0 Å². The Morgan fingerprint density at radius 1 is 1.17 bits per heavy atom. The Bertz CT molecular complexity index is 832.